The zero-order chi connectivity index (χ0) is 21.0. The summed E-state index contributed by atoms with van der Waals surface area (Å²) >= 11 is 1.52. The number of hydrogen-bond acceptors (Lipinski definition) is 4. The topological polar surface area (TPSA) is 63.6 Å². The lowest BCUT2D eigenvalue weighted by Gasteiger charge is -2.30. The normalized spacial score (nSPS) is 16.9. The fourth-order valence-electron chi connectivity index (χ4n) is 3.84. The maximum Gasteiger partial charge on any atom is 0.247 e. The van der Waals surface area contributed by atoms with Crippen LogP contribution in [-0.2, 0) is 21.4 Å². The fraction of sp³-hybridized carbons (Fsp3) is 0.545. The smallest absolute Gasteiger partial charge is 0.247 e. The van der Waals surface area contributed by atoms with Gasteiger partial charge in [-0.05, 0) is 24.8 Å². The van der Waals surface area contributed by atoms with Crippen molar-refractivity contribution in [3.63, 3.8) is 0 Å². The van der Waals surface area contributed by atoms with Crippen molar-refractivity contribution >= 4 is 34.5 Å². The molecule has 1 aliphatic rings. The Hall–Kier alpha value is -1.99. The minimum absolute atomic E-state index is 0.00427. The molecule has 0 radical (unpaired) electrons. The van der Waals surface area contributed by atoms with Gasteiger partial charge in [-0.3, -0.25) is 9.59 Å². The highest BCUT2D eigenvalue weighted by molar-refractivity contribution is 8.00. The standard InChI is InChI=1S/C22H31N3O3S/c1-15(2)10-11-23-21(27)20-19-16-8-5-6-9-17(16)24(3)22(19)29-14-18(26)25(20)12-7-13-28-4/h5-6,8-9,15,20H,7,10-14H2,1-4H3,(H,23,27). The Bertz CT molecular complexity index is 878. The Balaban J connectivity index is 2.04. The van der Waals surface area contributed by atoms with Gasteiger partial charge in [-0.2, -0.15) is 0 Å². The van der Waals surface area contributed by atoms with E-state index in [2.05, 4.69) is 29.8 Å². The second kappa shape index (κ2) is 9.67. The van der Waals surface area contributed by atoms with E-state index in [9.17, 15) is 9.59 Å². The molecule has 7 heteroatoms. The number of nitrogens with one attached hydrogen (secondary N) is 1. The second-order valence-corrected chi connectivity index (χ2v) is 8.86. The number of rotatable bonds is 8. The molecule has 0 fully saturated rings. The predicted molar refractivity (Wildman–Crippen MR) is 117 cm³/mol. The van der Waals surface area contributed by atoms with Gasteiger partial charge < -0.3 is 19.5 Å². The molecule has 1 aliphatic heterocycles. The molecule has 2 heterocycles. The third-order valence-electron chi connectivity index (χ3n) is 5.35. The molecule has 158 valence electrons. The number of aryl methyl sites for hydroxylation is 1. The van der Waals surface area contributed by atoms with Gasteiger partial charge in [0.2, 0.25) is 11.8 Å². The van der Waals surface area contributed by atoms with Crippen molar-refractivity contribution < 1.29 is 14.3 Å². The lowest BCUT2D eigenvalue weighted by Crippen LogP contribution is -2.44. The Kier molecular flexibility index (Phi) is 7.24. The summed E-state index contributed by atoms with van der Waals surface area (Å²) < 4.78 is 7.29. The molecule has 2 aromatic rings. The minimum atomic E-state index is -0.623. The van der Waals surface area contributed by atoms with Crippen LogP contribution in [-0.4, -0.2) is 53.8 Å². The quantitative estimate of drug-likeness (QED) is 0.669. The summed E-state index contributed by atoms with van der Waals surface area (Å²) in [6, 6.07) is 7.48. The predicted octanol–water partition coefficient (Wildman–Crippen LogP) is 3.35. The molecule has 29 heavy (non-hydrogen) atoms. The van der Waals surface area contributed by atoms with Crippen LogP contribution in [0.3, 0.4) is 0 Å². The van der Waals surface area contributed by atoms with Crippen molar-refractivity contribution in [1.82, 2.24) is 14.8 Å². The fourth-order valence-corrected chi connectivity index (χ4v) is 4.93. The van der Waals surface area contributed by atoms with Crippen molar-refractivity contribution in [2.24, 2.45) is 13.0 Å². The molecular formula is C22H31N3O3S. The molecule has 6 nitrogen and oxygen atoms in total. The van der Waals surface area contributed by atoms with Crippen LogP contribution < -0.4 is 5.32 Å². The summed E-state index contributed by atoms with van der Waals surface area (Å²) in [7, 11) is 3.66. The van der Waals surface area contributed by atoms with Crippen molar-refractivity contribution in [2.45, 2.75) is 37.8 Å². The summed E-state index contributed by atoms with van der Waals surface area (Å²) in [4.78, 5) is 28.1. The molecule has 1 aromatic heterocycles. The van der Waals surface area contributed by atoms with Gasteiger partial charge in [-0.1, -0.05) is 43.8 Å². The largest absolute Gasteiger partial charge is 0.385 e. The van der Waals surface area contributed by atoms with Gasteiger partial charge >= 0.3 is 0 Å². The molecule has 1 N–H and O–H groups in total. The van der Waals surface area contributed by atoms with E-state index in [0.29, 0.717) is 37.8 Å². The van der Waals surface area contributed by atoms with Gasteiger partial charge in [0, 0.05) is 50.3 Å². The highest BCUT2D eigenvalue weighted by atomic mass is 32.2. The Labute approximate surface area is 177 Å². The third-order valence-corrected chi connectivity index (χ3v) is 6.50. The maximum atomic E-state index is 13.4. The number of fused-ring (bicyclic) bond motifs is 3. The van der Waals surface area contributed by atoms with Crippen LogP contribution in [0.4, 0.5) is 0 Å². The van der Waals surface area contributed by atoms with E-state index in [1.807, 2.05) is 25.2 Å². The van der Waals surface area contributed by atoms with Crippen LogP contribution in [0.25, 0.3) is 10.9 Å². The van der Waals surface area contributed by atoms with E-state index < -0.39 is 6.04 Å². The number of aromatic nitrogens is 1. The molecule has 0 saturated heterocycles. The molecule has 2 amide bonds. The van der Waals surface area contributed by atoms with Gasteiger partial charge in [-0.15, -0.1) is 0 Å². The van der Waals surface area contributed by atoms with Crippen LogP contribution in [0.15, 0.2) is 29.3 Å². The van der Waals surface area contributed by atoms with Crippen LogP contribution in [0.5, 0.6) is 0 Å². The Morgan fingerprint density at radius 2 is 2.10 bits per heavy atom. The van der Waals surface area contributed by atoms with Crippen molar-refractivity contribution in [3.05, 3.63) is 29.8 Å². The average molecular weight is 418 g/mol. The molecule has 1 unspecified atom stereocenters. The number of methoxy groups -OCH3 is 1. The number of hydrogen-bond donors (Lipinski definition) is 1. The zero-order valence-corrected chi connectivity index (χ0v) is 18.6. The number of para-hydroxylation sites is 1. The van der Waals surface area contributed by atoms with E-state index in [1.165, 1.54) is 11.8 Å². The summed E-state index contributed by atoms with van der Waals surface area (Å²) in [6.07, 6.45) is 1.61. The monoisotopic (exact) mass is 417 g/mol. The summed E-state index contributed by atoms with van der Waals surface area (Å²) in [6.45, 7) is 5.94. The number of thioether (sulfide) groups is 1. The summed E-state index contributed by atoms with van der Waals surface area (Å²) in [5.41, 5.74) is 2.02. The highest BCUT2D eigenvalue weighted by Gasteiger charge is 2.38. The number of nitrogens with zero attached hydrogens (tertiary/aromatic N) is 2. The van der Waals surface area contributed by atoms with Gasteiger partial charge in [0.1, 0.15) is 6.04 Å². The number of carbonyl (C=O) groups excluding carboxylic acids is 2. The number of ether oxygens (including phenoxy) is 1. The molecule has 1 aromatic carbocycles. The maximum absolute atomic E-state index is 13.4. The van der Waals surface area contributed by atoms with Crippen molar-refractivity contribution in [2.75, 3.05) is 32.6 Å². The first-order chi connectivity index (χ1) is 14.0. The SMILES string of the molecule is COCCCN1C(=O)CSc2c(c3ccccc3n2C)C1C(=O)NCCC(C)C. The average Bonchev–Trinajstić information content (AvgIpc) is 2.87. The van der Waals surface area contributed by atoms with Crippen molar-refractivity contribution in [1.29, 1.82) is 0 Å². The van der Waals surface area contributed by atoms with E-state index >= 15 is 0 Å². The van der Waals surface area contributed by atoms with Gasteiger partial charge in [0.15, 0.2) is 0 Å². The van der Waals surface area contributed by atoms with E-state index in [1.54, 1.807) is 12.0 Å². The van der Waals surface area contributed by atoms with Crippen molar-refractivity contribution in [3.8, 4) is 0 Å². The molecule has 0 spiro atoms. The molecule has 1 atom stereocenters. The molecular weight excluding hydrogens is 386 g/mol. The third kappa shape index (κ3) is 4.61. The minimum Gasteiger partial charge on any atom is -0.385 e. The molecule has 0 bridgehead atoms. The number of amides is 2. The van der Waals surface area contributed by atoms with E-state index in [4.69, 9.17) is 4.74 Å². The van der Waals surface area contributed by atoms with Gasteiger partial charge in [0.25, 0.3) is 0 Å². The molecule has 0 saturated carbocycles. The first-order valence-electron chi connectivity index (χ1n) is 10.2. The van der Waals surface area contributed by atoms with Crippen LogP contribution in [0, 0.1) is 5.92 Å². The Morgan fingerprint density at radius 1 is 1.34 bits per heavy atom. The first-order valence-corrected chi connectivity index (χ1v) is 11.2. The van der Waals surface area contributed by atoms with E-state index in [0.717, 1.165) is 27.9 Å². The first kappa shape index (κ1) is 21.7. The zero-order valence-electron chi connectivity index (χ0n) is 17.7. The number of carbonyl (C=O) groups is 2. The molecule has 0 aliphatic carbocycles. The summed E-state index contributed by atoms with van der Waals surface area (Å²) in [5.74, 6) is 0.736. The Morgan fingerprint density at radius 3 is 2.83 bits per heavy atom. The van der Waals surface area contributed by atoms with Crippen LogP contribution in [0.2, 0.25) is 0 Å². The lowest BCUT2D eigenvalue weighted by atomic mass is 10.0. The van der Waals surface area contributed by atoms with E-state index in [-0.39, 0.29) is 11.8 Å². The molecule has 3 rings (SSSR count). The summed E-state index contributed by atoms with van der Waals surface area (Å²) in [5, 5.41) is 5.12. The highest BCUT2D eigenvalue weighted by Crippen LogP contribution is 2.41. The van der Waals surface area contributed by atoms with Gasteiger partial charge in [0.05, 0.1) is 10.8 Å². The van der Waals surface area contributed by atoms with Crippen LogP contribution >= 0.6 is 11.8 Å². The van der Waals surface area contributed by atoms with Crippen LogP contribution in [0.1, 0.15) is 38.3 Å². The van der Waals surface area contributed by atoms with Gasteiger partial charge in [-0.25, -0.2) is 0 Å². The second-order valence-electron chi connectivity index (χ2n) is 7.89. The number of benzene rings is 1. The lowest BCUT2D eigenvalue weighted by molar-refractivity contribution is -0.139.